The van der Waals surface area contributed by atoms with E-state index in [1.807, 2.05) is 12.1 Å². The minimum Gasteiger partial charge on any atom is -0.497 e. The third kappa shape index (κ3) is 3.85. The molecule has 1 heterocycles. The van der Waals surface area contributed by atoms with E-state index in [1.165, 1.54) is 0 Å². The van der Waals surface area contributed by atoms with Gasteiger partial charge in [-0.25, -0.2) is 8.42 Å². The summed E-state index contributed by atoms with van der Waals surface area (Å²) in [5, 5.41) is 4.41. The van der Waals surface area contributed by atoms with Crippen molar-refractivity contribution in [1.82, 2.24) is 4.41 Å². The van der Waals surface area contributed by atoms with Gasteiger partial charge in [0.25, 0.3) is 0 Å². The quantitative estimate of drug-likeness (QED) is 0.758. The van der Waals surface area contributed by atoms with E-state index in [0.29, 0.717) is 34.9 Å². The molecular weight excluding hydrogens is 368 g/mol. The lowest BCUT2D eigenvalue weighted by molar-refractivity contribution is 0.374. The maximum atomic E-state index is 12.3. The zero-order valence-electron chi connectivity index (χ0n) is 15.7. The number of sulfonamides is 1. The predicted octanol–water partition coefficient (Wildman–Crippen LogP) is 2.82. The Morgan fingerprint density at radius 2 is 1.59 bits per heavy atom. The monoisotopic (exact) mass is 390 g/mol. The van der Waals surface area contributed by atoms with Crippen LogP contribution in [0.25, 0.3) is 0 Å². The zero-order valence-corrected chi connectivity index (χ0v) is 16.5. The molecule has 0 aromatic heterocycles. The van der Waals surface area contributed by atoms with E-state index in [0.717, 1.165) is 16.2 Å². The number of rotatable bonds is 6. The van der Waals surface area contributed by atoms with E-state index in [-0.39, 0.29) is 0 Å². The SMILES string of the molecule is COc1ccc([C@H]2CC(c3cc(OC)ccc3OC)=NN2S(C)(=O)=O)cc1. The first kappa shape index (κ1) is 19.0. The molecule has 144 valence electrons. The molecule has 0 fully saturated rings. The number of nitrogens with zero attached hydrogens (tertiary/aromatic N) is 2. The van der Waals surface area contributed by atoms with Crippen LogP contribution in [0, 0.1) is 0 Å². The van der Waals surface area contributed by atoms with Crippen molar-refractivity contribution in [1.29, 1.82) is 0 Å². The molecule has 27 heavy (non-hydrogen) atoms. The van der Waals surface area contributed by atoms with Crippen LogP contribution < -0.4 is 14.2 Å². The summed E-state index contributed by atoms with van der Waals surface area (Å²) in [6.45, 7) is 0. The van der Waals surface area contributed by atoms with Gasteiger partial charge < -0.3 is 14.2 Å². The second-order valence-corrected chi connectivity index (χ2v) is 7.98. The summed E-state index contributed by atoms with van der Waals surface area (Å²) in [6.07, 6.45) is 1.57. The molecule has 0 spiro atoms. The van der Waals surface area contributed by atoms with Crippen LogP contribution in [0.1, 0.15) is 23.6 Å². The van der Waals surface area contributed by atoms with E-state index in [1.54, 1.807) is 51.7 Å². The summed E-state index contributed by atoms with van der Waals surface area (Å²) in [5.74, 6) is 1.96. The molecule has 8 heteroatoms. The van der Waals surface area contributed by atoms with Gasteiger partial charge in [-0.15, -0.1) is 0 Å². The highest BCUT2D eigenvalue weighted by Crippen LogP contribution is 2.37. The highest BCUT2D eigenvalue weighted by molar-refractivity contribution is 7.88. The molecule has 0 aliphatic carbocycles. The highest BCUT2D eigenvalue weighted by atomic mass is 32.2. The van der Waals surface area contributed by atoms with Gasteiger partial charge in [0.2, 0.25) is 10.0 Å². The third-order valence-electron chi connectivity index (χ3n) is 4.43. The highest BCUT2D eigenvalue weighted by Gasteiger charge is 2.35. The van der Waals surface area contributed by atoms with E-state index in [4.69, 9.17) is 14.2 Å². The van der Waals surface area contributed by atoms with Gasteiger partial charge >= 0.3 is 0 Å². The average molecular weight is 390 g/mol. The first-order valence-electron chi connectivity index (χ1n) is 8.30. The van der Waals surface area contributed by atoms with Crippen LogP contribution in [0.5, 0.6) is 17.2 Å². The van der Waals surface area contributed by atoms with Crippen LogP contribution >= 0.6 is 0 Å². The molecule has 0 saturated carbocycles. The van der Waals surface area contributed by atoms with Gasteiger partial charge in [-0.3, -0.25) is 0 Å². The Labute approximate surface area is 159 Å². The summed E-state index contributed by atoms with van der Waals surface area (Å²) in [7, 11) is 1.18. The lowest BCUT2D eigenvalue weighted by Crippen LogP contribution is -2.25. The number of hydrazone groups is 1. The van der Waals surface area contributed by atoms with E-state index >= 15 is 0 Å². The molecule has 2 aromatic rings. The van der Waals surface area contributed by atoms with Crippen molar-refractivity contribution < 1.29 is 22.6 Å². The van der Waals surface area contributed by atoms with Gasteiger partial charge in [-0.2, -0.15) is 9.52 Å². The molecule has 2 aromatic carbocycles. The number of methoxy groups -OCH3 is 3. The molecule has 0 amide bonds. The van der Waals surface area contributed by atoms with Crippen molar-refractivity contribution >= 4 is 15.7 Å². The van der Waals surface area contributed by atoms with E-state index < -0.39 is 16.1 Å². The standard InChI is InChI=1S/C19H22N2O5S/c1-24-14-7-5-13(6-8-14)18-12-17(20-21(18)27(4,22)23)16-11-15(25-2)9-10-19(16)26-3/h5-11,18H,12H2,1-4H3/t18-/m1/s1. The van der Waals surface area contributed by atoms with Gasteiger partial charge in [-0.1, -0.05) is 12.1 Å². The molecule has 0 bridgehead atoms. The van der Waals surface area contributed by atoms with Crippen molar-refractivity contribution in [2.75, 3.05) is 27.6 Å². The largest absolute Gasteiger partial charge is 0.497 e. The second-order valence-electron chi connectivity index (χ2n) is 6.14. The Hall–Kier alpha value is -2.74. The van der Waals surface area contributed by atoms with Crippen LogP contribution in [-0.4, -0.2) is 46.1 Å². The first-order valence-corrected chi connectivity index (χ1v) is 10.2. The zero-order chi connectivity index (χ0) is 19.6. The number of hydrogen-bond donors (Lipinski definition) is 0. The molecule has 0 N–H and O–H groups in total. The topological polar surface area (TPSA) is 77.4 Å². The Morgan fingerprint density at radius 1 is 0.963 bits per heavy atom. The first-order chi connectivity index (χ1) is 12.9. The third-order valence-corrected chi connectivity index (χ3v) is 5.45. The summed E-state index contributed by atoms with van der Waals surface area (Å²) in [6, 6.07) is 12.2. The summed E-state index contributed by atoms with van der Waals surface area (Å²) in [4.78, 5) is 0. The van der Waals surface area contributed by atoms with Gasteiger partial charge in [0.05, 0.1) is 39.3 Å². The lowest BCUT2D eigenvalue weighted by Gasteiger charge is -2.21. The van der Waals surface area contributed by atoms with E-state index in [2.05, 4.69) is 5.10 Å². The van der Waals surface area contributed by atoms with Crippen molar-refractivity contribution in [3.8, 4) is 17.2 Å². The summed E-state index contributed by atoms with van der Waals surface area (Å²) < 4.78 is 41.7. The second kappa shape index (κ2) is 7.48. The van der Waals surface area contributed by atoms with Crippen molar-refractivity contribution in [3.63, 3.8) is 0 Å². The predicted molar refractivity (Wildman–Crippen MR) is 103 cm³/mol. The maximum absolute atomic E-state index is 12.3. The fraction of sp³-hybridized carbons (Fsp3) is 0.316. The minimum absolute atomic E-state index is 0.420. The van der Waals surface area contributed by atoms with Gasteiger partial charge in [-0.05, 0) is 35.9 Å². The smallest absolute Gasteiger partial charge is 0.247 e. The molecule has 1 aliphatic rings. The van der Waals surface area contributed by atoms with Gasteiger partial charge in [0, 0.05) is 12.0 Å². The average Bonchev–Trinajstić information content (AvgIpc) is 3.13. The minimum atomic E-state index is -3.55. The van der Waals surface area contributed by atoms with Gasteiger partial charge in [0.15, 0.2) is 0 Å². The molecule has 7 nitrogen and oxygen atoms in total. The number of hydrogen-bond acceptors (Lipinski definition) is 6. The van der Waals surface area contributed by atoms with Crippen LogP contribution in [0.4, 0.5) is 0 Å². The van der Waals surface area contributed by atoms with Crippen molar-refractivity contribution in [2.24, 2.45) is 5.10 Å². The molecule has 0 radical (unpaired) electrons. The van der Waals surface area contributed by atoms with Gasteiger partial charge in [0.1, 0.15) is 17.2 Å². The maximum Gasteiger partial charge on any atom is 0.247 e. The molecule has 1 aliphatic heterocycles. The Balaban J connectivity index is 2.03. The fourth-order valence-electron chi connectivity index (χ4n) is 3.07. The Morgan fingerprint density at radius 3 is 2.15 bits per heavy atom. The Kier molecular flexibility index (Phi) is 5.27. The molecule has 0 unspecified atom stereocenters. The molecule has 3 rings (SSSR count). The fourth-order valence-corrected chi connectivity index (χ4v) is 3.98. The molecule has 1 atom stereocenters. The molecule has 0 saturated heterocycles. The van der Waals surface area contributed by atoms with Crippen LogP contribution in [0.2, 0.25) is 0 Å². The van der Waals surface area contributed by atoms with Crippen molar-refractivity contribution in [3.05, 3.63) is 53.6 Å². The number of ether oxygens (including phenoxy) is 3. The Bertz CT molecular complexity index is 955. The molecular formula is C19H22N2O5S. The summed E-state index contributed by atoms with van der Waals surface area (Å²) in [5.41, 5.74) is 2.17. The van der Waals surface area contributed by atoms with Crippen LogP contribution in [-0.2, 0) is 10.0 Å². The van der Waals surface area contributed by atoms with E-state index in [9.17, 15) is 8.42 Å². The summed E-state index contributed by atoms with van der Waals surface area (Å²) >= 11 is 0. The van der Waals surface area contributed by atoms with Crippen LogP contribution in [0.15, 0.2) is 47.6 Å². The van der Waals surface area contributed by atoms with Crippen molar-refractivity contribution in [2.45, 2.75) is 12.5 Å². The van der Waals surface area contributed by atoms with Crippen LogP contribution in [0.3, 0.4) is 0 Å². The normalized spacial score (nSPS) is 16.8. The number of benzene rings is 2. The lowest BCUT2D eigenvalue weighted by atomic mass is 9.98.